The van der Waals surface area contributed by atoms with Crippen molar-refractivity contribution in [3.63, 3.8) is 0 Å². The third kappa shape index (κ3) is 3.01. The average Bonchev–Trinajstić information content (AvgIpc) is 2.03. The molecule has 0 amide bonds. The first kappa shape index (κ1) is 9.95. The summed E-state index contributed by atoms with van der Waals surface area (Å²) >= 11 is 17.7. The lowest BCUT2D eigenvalue weighted by Crippen LogP contribution is -2.24. The second kappa shape index (κ2) is 4.79. The molecule has 0 aromatic heterocycles. The van der Waals surface area contributed by atoms with Gasteiger partial charge in [-0.2, -0.15) is 0 Å². The molecule has 0 spiro atoms. The molecule has 0 radical (unpaired) electrons. The van der Waals surface area contributed by atoms with Crippen LogP contribution in [0.3, 0.4) is 0 Å². The van der Waals surface area contributed by atoms with Gasteiger partial charge in [-0.25, -0.2) is 0 Å². The van der Waals surface area contributed by atoms with E-state index in [2.05, 4.69) is 0 Å². The molecule has 0 nitrogen and oxygen atoms in total. The molecule has 0 aliphatic heterocycles. The highest BCUT2D eigenvalue weighted by Gasteiger charge is 2.25. The van der Waals surface area contributed by atoms with Crippen LogP contribution in [0.2, 0.25) is 0 Å². The van der Waals surface area contributed by atoms with Crippen LogP contribution in [0, 0.1) is 5.92 Å². The van der Waals surface area contributed by atoms with E-state index in [1.807, 2.05) is 0 Å². The van der Waals surface area contributed by atoms with Crippen LogP contribution in [0.5, 0.6) is 0 Å². The highest BCUT2D eigenvalue weighted by Crippen LogP contribution is 2.32. The van der Waals surface area contributed by atoms with E-state index >= 15 is 0 Å². The molecule has 0 bridgehead atoms. The normalized spacial score (nSPS) is 35.2. The molecule has 0 aromatic carbocycles. The summed E-state index contributed by atoms with van der Waals surface area (Å²) in [7, 11) is 0. The Balaban J connectivity index is 2.33. The molecular weight excluding hydrogens is 202 g/mol. The van der Waals surface area contributed by atoms with Gasteiger partial charge in [0.15, 0.2) is 0 Å². The molecular formula is C8H13Cl3. The van der Waals surface area contributed by atoms with Crippen molar-refractivity contribution in [1.82, 2.24) is 0 Å². The molecule has 1 aliphatic carbocycles. The van der Waals surface area contributed by atoms with Crippen molar-refractivity contribution in [3.05, 3.63) is 0 Å². The minimum absolute atomic E-state index is 0.123. The van der Waals surface area contributed by atoms with E-state index in [-0.39, 0.29) is 5.38 Å². The molecule has 3 heteroatoms. The van der Waals surface area contributed by atoms with Crippen LogP contribution < -0.4 is 0 Å². The van der Waals surface area contributed by atoms with Gasteiger partial charge in [-0.3, -0.25) is 0 Å². The molecule has 0 aromatic rings. The van der Waals surface area contributed by atoms with Crippen LogP contribution in [0.1, 0.15) is 25.7 Å². The van der Waals surface area contributed by atoms with Crippen LogP contribution in [-0.2, 0) is 0 Å². The Labute approximate surface area is 83.2 Å². The summed E-state index contributed by atoms with van der Waals surface area (Å²) in [5.74, 6) is 1.10. The van der Waals surface area contributed by atoms with Gasteiger partial charge >= 0.3 is 0 Å². The van der Waals surface area contributed by atoms with Gasteiger partial charge in [0.05, 0.1) is 0 Å². The molecule has 0 N–H and O–H groups in total. The minimum Gasteiger partial charge on any atom is -0.125 e. The fraction of sp³-hybridized carbons (Fsp3) is 1.00. The maximum absolute atomic E-state index is 6.02. The molecule has 1 rings (SSSR count). The first-order valence-corrected chi connectivity index (χ1v) is 5.49. The third-order valence-corrected chi connectivity index (χ3v) is 3.71. The molecule has 1 aliphatic rings. The third-order valence-electron chi connectivity index (χ3n) is 2.31. The number of hydrogen-bond acceptors (Lipinski definition) is 0. The highest BCUT2D eigenvalue weighted by atomic mass is 35.5. The summed E-state index contributed by atoms with van der Waals surface area (Å²) in [6, 6.07) is 0. The summed E-state index contributed by atoms with van der Waals surface area (Å²) < 4.78 is 0. The molecule has 0 heterocycles. The summed E-state index contributed by atoms with van der Waals surface area (Å²) in [6.45, 7) is 0. The van der Waals surface area contributed by atoms with Crippen molar-refractivity contribution in [1.29, 1.82) is 0 Å². The zero-order valence-corrected chi connectivity index (χ0v) is 8.67. The van der Waals surface area contributed by atoms with Crippen molar-refractivity contribution in [2.24, 2.45) is 5.92 Å². The van der Waals surface area contributed by atoms with Gasteiger partial charge < -0.3 is 0 Å². The van der Waals surface area contributed by atoms with E-state index in [9.17, 15) is 0 Å². The molecule has 0 saturated heterocycles. The molecule has 3 atom stereocenters. The molecule has 3 unspecified atom stereocenters. The van der Waals surface area contributed by atoms with Crippen molar-refractivity contribution in [2.45, 2.75) is 36.4 Å². The SMILES string of the molecule is ClCC(Cl)C1CCCC(Cl)C1. The van der Waals surface area contributed by atoms with E-state index in [1.165, 1.54) is 12.8 Å². The van der Waals surface area contributed by atoms with Crippen LogP contribution in [0.4, 0.5) is 0 Å². The summed E-state index contributed by atoms with van der Waals surface area (Å²) in [5.41, 5.74) is 0. The minimum atomic E-state index is 0.123. The lowest BCUT2D eigenvalue weighted by molar-refractivity contribution is 0.360. The van der Waals surface area contributed by atoms with Gasteiger partial charge in [-0.05, 0) is 25.2 Å². The Morgan fingerprint density at radius 2 is 2.09 bits per heavy atom. The van der Waals surface area contributed by atoms with Gasteiger partial charge in [0, 0.05) is 16.6 Å². The largest absolute Gasteiger partial charge is 0.125 e. The van der Waals surface area contributed by atoms with E-state index in [0.717, 1.165) is 12.8 Å². The van der Waals surface area contributed by atoms with Crippen LogP contribution in [0.15, 0.2) is 0 Å². The maximum atomic E-state index is 6.02. The van der Waals surface area contributed by atoms with Gasteiger partial charge in [-0.15, -0.1) is 34.8 Å². The molecule has 1 fully saturated rings. The van der Waals surface area contributed by atoms with Crippen molar-refractivity contribution < 1.29 is 0 Å². The molecule has 1 saturated carbocycles. The van der Waals surface area contributed by atoms with Gasteiger partial charge in [0.2, 0.25) is 0 Å². The fourth-order valence-corrected chi connectivity index (χ4v) is 2.48. The topological polar surface area (TPSA) is 0 Å². The second-order valence-corrected chi connectivity index (χ2v) is 4.68. The lowest BCUT2D eigenvalue weighted by atomic mass is 9.87. The first-order valence-electron chi connectivity index (χ1n) is 4.08. The van der Waals surface area contributed by atoms with Crippen molar-refractivity contribution >= 4 is 34.8 Å². The maximum Gasteiger partial charge on any atom is 0.0500 e. The monoisotopic (exact) mass is 214 g/mol. The van der Waals surface area contributed by atoms with Crippen LogP contribution in [0.25, 0.3) is 0 Å². The van der Waals surface area contributed by atoms with Crippen molar-refractivity contribution in [2.75, 3.05) is 5.88 Å². The molecule has 11 heavy (non-hydrogen) atoms. The first-order chi connectivity index (χ1) is 5.24. The summed E-state index contributed by atoms with van der Waals surface area (Å²) in [4.78, 5) is 0. The van der Waals surface area contributed by atoms with E-state index in [1.54, 1.807) is 0 Å². The number of rotatable bonds is 2. The smallest absolute Gasteiger partial charge is 0.0500 e. The number of halogens is 3. The zero-order valence-electron chi connectivity index (χ0n) is 6.40. The zero-order chi connectivity index (χ0) is 8.27. The lowest BCUT2D eigenvalue weighted by Gasteiger charge is -2.27. The van der Waals surface area contributed by atoms with Crippen LogP contribution >= 0.6 is 34.8 Å². The fourth-order valence-electron chi connectivity index (χ4n) is 1.62. The Bertz CT molecular complexity index is 116. The predicted molar refractivity (Wildman–Crippen MR) is 52.0 cm³/mol. The summed E-state index contributed by atoms with van der Waals surface area (Å²) in [6.07, 6.45) is 4.59. The average molecular weight is 216 g/mol. The van der Waals surface area contributed by atoms with E-state index in [4.69, 9.17) is 34.8 Å². The standard InChI is InChI=1S/C8H13Cl3/c9-5-8(11)6-2-1-3-7(10)4-6/h6-8H,1-5H2. The van der Waals surface area contributed by atoms with Gasteiger partial charge in [-0.1, -0.05) is 6.42 Å². The van der Waals surface area contributed by atoms with E-state index in [0.29, 0.717) is 17.2 Å². The highest BCUT2D eigenvalue weighted by molar-refractivity contribution is 6.28. The molecule has 66 valence electrons. The Hall–Kier alpha value is 0.870. The Morgan fingerprint density at radius 1 is 1.36 bits per heavy atom. The van der Waals surface area contributed by atoms with Gasteiger partial charge in [0.1, 0.15) is 0 Å². The predicted octanol–water partition coefficient (Wildman–Crippen LogP) is 3.63. The van der Waals surface area contributed by atoms with E-state index < -0.39 is 0 Å². The second-order valence-electron chi connectivity index (χ2n) is 3.19. The van der Waals surface area contributed by atoms with Crippen molar-refractivity contribution in [3.8, 4) is 0 Å². The quantitative estimate of drug-likeness (QED) is 0.617. The Kier molecular flexibility index (Phi) is 4.33. The number of alkyl halides is 3. The summed E-state index contributed by atoms with van der Waals surface area (Å²) in [5, 5.41) is 0.455. The Morgan fingerprint density at radius 3 is 2.64 bits per heavy atom. The van der Waals surface area contributed by atoms with Gasteiger partial charge in [0.25, 0.3) is 0 Å². The number of hydrogen-bond donors (Lipinski definition) is 0. The van der Waals surface area contributed by atoms with Crippen LogP contribution in [-0.4, -0.2) is 16.6 Å².